The molecule has 0 aromatic heterocycles. The van der Waals surface area contributed by atoms with Crippen molar-refractivity contribution in [2.24, 2.45) is 5.73 Å². The number of hydrogen-bond donors (Lipinski definition) is 3. The number of carboxylic acid groups (broad SMARTS) is 1. The first-order valence-electron chi connectivity index (χ1n) is 4.05. The number of carboxylic acids is 1. The number of para-hydroxylation sites is 1. The van der Waals surface area contributed by atoms with E-state index in [9.17, 15) is 9.90 Å². The van der Waals surface area contributed by atoms with Crippen molar-refractivity contribution in [2.75, 3.05) is 0 Å². The van der Waals surface area contributed by atoms with Crippen molar-refractivity contribution >= 4 is 29.3 Å². The number of benzene rings is 1. The molecule has 0 aliphatic heterocycles. The van der Waals surface area contributed by atoms with E-state index in [1.807, 2.05) is 0 Å². The van der Waals surface area contributed by atoms with Crippen LogP contribution in [0.2, 0.25) is 0 Å². The molecule has 78 valence electrons. The van der Waals surface area contributed by atoms with Crippen LogP contribution in [0.5, 0.6) is 5.75 Å². The molecule has 1 rings (SSSR count). The molecular weight excluding hydrogens is 214 g/mol. The Bertz CT molecular complexity index is 424. The summed E-state index contributed by atoms with van der Waals surface area (Å²) in [6.45, 7) is 0. The number of thiocarbonyl (C=S) groups is 1. The van der Waals surface area contributed by atoms with Crippen molar-refractivity contribution in [1.82, 2.24) is 0 Å². The Hall–Kier alpha value is -1.88. The first-order valence-corrected chi connectivity index (χ1v) is 4.46. The van der Waals surface area contributed by atoms with Crippen LogP contribution in [-0.4, -0.2) is 21.2 Å². The molecule has 5 heteroatoms. The molecular formula is C10H9NO3S. The Morgan fingerprint density at radius 3 is 2.47 bits per heavy atom. The van der Waals surface area contributed by atoms with Gasteiger partial charge in [0.15, 0.2) is 0 Å². The Balaban J connectivity index is 3.19. The minimum absolute atomic E-state index is 0.0208. The fourth-order valence-electron chi connectivity index (χ4n) is 1.00. The molecule has 0 aliphatic carbocycles. The maximum atomic E-state index is 10.7. The SMILES string of the molecule is NC(=S)/C(=C\c1ccccc1O)C(=O)O. The largest absolute Gasteiger partial charge is 0.507 e. The number of phenols is 1. The van der Waals surface area contributed by atoms with Crippen LogP contribution < -0.4 is 5.73 Å². The predicted molar refractivity (Wildman–Crippen MR) is 60.5 cm³/mol. The Morgan fingerprint density at radius 2 is 2.00 bits per heavy atom. The third kappa shape index (κ3) is 2.78. The molecule has 0 fully saturated rings. The van der Waals surface area contributed by atoms with Crippen LogP contribution in [0.4, 0.5) is 0 Å². The van der Waals surface area contributed by atoms with Gasteiger partial charge in [-0.1, -0.05) is 30.4 Å². The van der Waals surface area contributed by atoms with Gasteiger partial charge in [0.25, 0.3) is 0 Å². The molecule has 0 amide bonds. The van der Waals surface area contributed by atoms with Gasteiger partial charge in [-0.15, -0.1) is 0 Å². The number of hydrogen-bond acceptors (Lipinski definition) is 3. The van der Waals surface area contributed by atoms with E-state index >= 15 is 0 Å². The zero-order chi connectivity index (χ0) is 11.4. The molecule has 4 N–H and O–H groups in total. The molecule has 15 heavy (non-hydrogen) atoms. The van der Waals surface area contributed by atoms with E-state index in [-0.39, 0.29) is 16.3 Å². The molecule has 0 saturated carbocycles. The van der Waals surface area contributed by atoms with Gasteiger partial charge in [-0.3, -0.25) is 0 Å². The fourth-order valence-corrected chi connectivity index (χ4v) is 1.15. The van der Waals surface area contributed by atoms with E-state index in [1.165, 1.54) is 12.1 Å². The van der Waals surface area contributed by atoms with Crippen LogP contribution in [0, 0.1) is 0 Å². The highest BCUT2D eigenvalue weighted by Gasteiger charge is 2.11. The zero-order valence-electron chi connectivity index (χ0n) is 7.68. The van der Waals surface area contributed by atoms with Crippen molar-refractivity contribution in [1.29, 1.82) is 0 Å². The van der Waals surface area contributed by atoms with Crippen LogP contribution in [0.25, 0.3) is 6.08 Å². The van der Waals surface area contributed by atoms with Crippen LogP contribution in [0.3, 0.4) is 0 Å². The molecule has 1 aromatic carbocycles. The van der Waals surface area contributed by atoms with E-state index in [2.05, 4.69) is 12.2 Å². The average molecular weight is 223 g/mol. The number of aromatic hydroxyl groups is 1. The quantitative estimate of drug-likeness (QED) is 0.528. The molecule has 0 saturated heterocycles. The van der Waals surface area contributed by atoms with Gasteiger partial charge >= 0.3 is 5.97 Å². The van der Waals surface area contributed by atoms with E-state index in [4.69, 9.17) is 10.8 Å². The lowest BCUT2D eigenvalue weighted by Crippen LogP contribution is -2.18. The average Bonchev–Trinajstić information content (AvgIpc) is 2.15. The van der Waals surface area contributed by atoms with Crippen molar-refractivity contribution in [3.05, 3.63) is 35.4 Å². The van der Waals surface area contributed by atoms with Crippen LogP contribution in [0.1, 0.15) is 5.56 Å². The predicted octanol–water partition coefficient (Wildman–Crippen LogP) is 1.15. The summed E-state index contributed by atoms with van der Waals surface area (Å²) in [4.78, 5) is 10.5. The van der Waals surface area contributed by atoms with Gasteiger partial charge in [-0.25, -0.2) is 4.79 Å². The maximum Gasteiger partial charge on any atom is 0.338 e. The minimum Gasteiger partial charge on any atom is -0.507 e. The summed E-state index contributed by atoms with van der Waals surface area (Å²) in [5.74, 6) is -1.24. The second kappa shape index (κ2) is 4.56. The molecule has 0 atom stereocenters. The molecule has 1 aromatic rings. The Labute approximate surface area is 91.7 Å². The first-order chi connectivity index (χ1) is 7.02. The van der Waals surface area contributed by atoms with Gasteiger partial charge in [0.1, 0.15) is 10.7 Å². The second-order valence-electron chi connectivity index (χ2n) is 2.79. The van der Waals surface area contributed by atoms with E-state index in [0.717, 1.165) is 0 Å². The summed E-state index contributed by atoms with van der Waals surface area (Å²) in [5, 5.41) is 18.2. The van der Waals surface area contributed by atoms with Gasteiger partial charge in [-0.05, 0) is 12.1 Å². The second-order valence-corrected chi connectivity index (χ2v) is 3.23. The molecule has 0 heterocycles. The number of phenolic OH excluding ortho intramolecular Hbond substituents is 1. The third-order valence-electron chi connectivity index (χ3n) is 1.73. The zero-order valence-corrected chi connectivity index (χ0v) is 8.49. The maximum absolute atomic E-state index is 10.7. The molecule has 0 aliphatic rings. The number of aliphatic carboxylic acids is 1. The van der Waals surface area contributed by atoms with Crippen LogP contribution >= 0.6 is 12.2 Å². The van der Waals surface area contributed by atoms with E-state index < -0.39 is 5.97 Å². The lowest BCUT2D eigenvalue weighted by molar-refractivity contribution is -0.131. The topological polar surface area (TPSA) is 83.5 Å². The van der Waals surface area contributed by atoms with Gasteiger partial charge in [-0.2, -0.15) is 0 Å². The van der Waals surface area contributed by atoms with Crippen molar-refractivity contribution in [3.8, 4) is 5.75 Å². The summed E-state index contributed by atoms with van der Waals surface area (Å²) in [7, 11) is 0. The third-order valence-corrected chi connectivity index (χ3v) is 1.95. The fraction of sp³-hybridized carbons (Fsp3) is 0. The summed E-state index contributed by atoms with van der Waals surface area (Å²) in [5.41, 5.74) is 5.40. The Kier molecular flexibility index (Phi) is 3.41. The minimum atomic E-state index is -1.22. The number of rotatable bonds is 3. The summed E-state index contributed by atoms with van der Waals surface area (Å²) in [6.07, 6.45) is 1.24. The van der Waals surface area contributed by atoms with E-state index in [1.54, 1.807) is 18.2 Å². The van der Waals surface area contributed by atoms with Crippen LogP contribution in [-0.2, 0) is 4.79 Å². The highest BCUT2D eigenvalue weighted by molar-refractivity contribution is 7.80. The lowest BCUT2D eigenvalue weighted by Gasteiger charge is -2.01. The highest BCUT2D eigenvalue weighted by atomic mass is 32.1. The smallest absolute Gasteiger partial charge is 0.338 e. The van der Waals surface area contributed by atoms with Gasteiger partial charge in [0.05, 0.1) is 5.57 Å². The number of nitrogens with two attached hydrogens (primary N) is 1. The molecule has 0 spiro atoms. The van der Waals surface area contributed by atoms with Crippen molar-refractivity contribution in [2.45, 2.75) is 0 Å². The monoisotopic (exact) mass is 223 g/mol. The molecule has 0 radical (unpaired) electrons. The summed E-state index contributed by atoms with van der Waals surface area (Å²) < 4.78 is 0. The summed E-state index contributed by atoms with van der Waals surface area (Å²) >= 11 is 4.58. The molecule has 0 bridgehead atoms. The standard InChI is InChI=1S/C10H9NO3S/c11-9(15)7(10(13)14)5-6-3-1-2-4-8(6)12/h1-5,12H,(H2,11,15)(H,13,14)/b7-5+. The van der Waals surface area contributed by atoms with E-state index in [0.29, 0.717) is 5.56 Å². The van der Waals surface area contributed by atoms with Crippen molar-refractivity contribution < 1.29 is 15.0 Å². The van der Waals surface area contributed by atoms with Crippen molar-refractivity contribution in [3.63, 3.8) is 0 Å². The number of carbonyl (C=O) groups is 1. The van der Waals surface area contributed by atoms with Gasteiger partial charge in [0.2, 0.25) is 0 Å². The normalized spacial score (nSPS) is 11.1. The first kappa shape index (κ1) is 11.2. The lowest BCUT2D eigenvalue weighted by atomic mass is 10.1. The molecule has 0 unspecified atom stereocenters. The molecule has 4 nitrogen and oxygen atoms in total. The van der Waals surface area contributed by atoms with Crippen LogP contribution in [0.15, 0.2) is 29.8 Å². The van der Waals surface area contributed by atoms with Gasteiger partial charge in [0, 0.05) is 5.56 Å². The summed E-state index contributed by atoms with van der Waals surface area (Å²) in [6, 6.07) is 6.32. The van der Waals surface area contributed by atoms with Gasteiger partial charge < -0.3 is 15.9 Å². The Morgan fingerprint density at radius 1 is 1.40 bits per heavy atom. The highest BCUT2D eigenvalue weighted by Crippen LogP contribution is 2.19.